The molecule has 8 heteroatoms. The Morgan fingerprint density at radius 1 is 1.26 bits per heavy atom. The second kappa shape index (κ2) is 8.19. The molecule has 5 rings (SSSR count). The number of rotatable bonds is 5. The Hall–Kier alpha value is -3.13. The van der Waals surface area contributed by atoms with Crippen LogP contribution in [0.3, 0.4) is 0 Å². The zero-order valence-corrected chi connectivity index (χ0v) is 18.6. The van der Waals surface area contributed by atoms with Gasteiger partial charge in [0.15, 0.2) is 0 Å². The normalized spacial score (nSPS) is 16.7. The van der Waals surface area contributed by atoms with Crippen molar-refractivity contribution in [1.29, 1.82) is 0 Å². The van der Waals surface area contributed by atoms with E-state index in [0.29, 0.717) is 12.2 Å². The summed E-state index contributed by atoms with van der Waals surface area (Å²) < 4.78 is 3.80. The van der Waals surface area contributed by atoms with Gasteiger partial charge in [0.1, 0.15) is 10.5 Å². The summed E-state index contributed by atoms with van der Waals surface area (Å²) in [4.78, 5) is 21.0. The van der Waals surface area contributed by atoms with E-state index < -0.39 is 0 Å². The number of amides is 1. The van der Waals surface area contributed by atoms with Crippen LogP contribution in [0.2, 0.25) is 0 Å². The monoisotopic (exact) mass is 434 g/mol. The molecule has 0 radical (unpaired) electrons. The van der Waals surface area contributed by atoms with Crippen LogP contribution in [0.4, 0.5) is 11.6 Å². The van der Waals surface area contributed by atoms with E-state index in [4.69, 9.17) is 4.98 Å². The van der Waals surface area contributed by atoms with Gasteiger partial charge in [0.05, 0.1) is 5.69 Å². The SMILES string of the molecule is CCc1ccccc1Nc1nc([C@@H]2CCCN(C(=O)c3ccn(C)n3)C2)c2sccn12. The van der Waals surface area contributed by atoms with Crippen LogP contribution in [0, 0.1) is 0 Å². The lowest BCUT2D eigenvalue weighted by molar-refractivity contribution is 0.0699. The van der Waals surface area contributed by atoms with Crippen molar-refractivity contribution in [2.45, 2.75) is 32.1 Å². The first-order valence-corrected chi connectivity index (χ1v) is 11.6. The molecule has 1 aliphatic heterocycles. The van der Waals surface area contributed by atoms with Crippen molar-refractivity contribution in [3.63, 3.8) is 0 Å². The molecule has 1 aliphatic rings. The second-order valence-electron chi connectivity index (χ2n) is 8.00. The minimum atomic E-state index is 0.00199. The summed E-state index contributed by atoms with van der Waals surface area (Å²) >= 11 is 1.70. The highest BCUT2D eigenvalue weighted by atomic mass is 32.1. The van der Waals surface area contributed by atoms with E-state index in [1.54, 1.807) is 22.1 Å². The van der Waals surface area contributed by atoms with Crippen molar-refractivity contribution in [1.82, 2.24) is 24.1 Å². The Kier molecular flexibility index (Phi) is 5.23. The maximum Gasteiger partial charge on any atom is 0.274 e. The molecule has 0 spiro atoms. The lowest BCUT2D eigenvalue weighted by Gasteiger charge is -2.31. The molecule has 1 atom stereocenters. The molecule has 31 heavy (non-hydrogen) atoms. The van der Waals surface area contributed by atoms with E-state index in [1.165, 1.54) is 5.56 Å². The van der Waals surface area contributed by atoms with Gasteiger partial charge in [-0.3, -0.25) is 13.9 Å². The summed E-state index contributed by atoms with van der Waals surface area (Å²) in [6.45, 7) is 3.60. The highest BCUT2D eigenvalue weighted by molar-refractivity contribution is 7.15. The Labute approximate surface area is 185 Å². The summed E-state index contributed by atoms with van der Waals surface area (Å²) in [5.41, 5.74) is 3.93. The van der Waals surface area contributed by atoms with Gasteiger partial charge in [0.25, 0.3) is 5.91 Å². The van der Waals surface area contributed by atoms with E-state index in [0.717, 1.165) is 48.0 Å². The van der Waals surface area contributed by atoms with Gasteiger partial charge < -0.3 is 10.2 Å². The fourth-order valence-corrected chi connectivity index (χ4v) is 5.25. The standard InChI is InChI=1S/C23H26N6OS/c1-3-16-7-4-5-9-18(16)24-23-25-20(22-29(23)13-14-31-22)17-8-6-11-28(15-17)21(30)19-10-12-27(2)26-19/h4-5,7,9-10,12-14,17H,3,6,8,11,15H2,1-2H3,(H,24,25)/t17-/m1/s1. The minimum absolute atomic E-state index is 0.00199. The second-order valence-corrected chi connectivity index (χ2v) is 8.89. The van der Waals surface area contributed by atoms with Crippen molar-refractivity contribution >= 4 is 33.7 Å². The zero-order valence-electron chi connectivity index (χ0n) is 17.8. The predicted molar refractivity (Wildman–Crippen MR) is 123 cm³/mol. The van der Waals surface area contributed by atoms with Crippen LogP contribution in [0.5, 0.6) is 0 Å². The number of imidazole rings is 1. The highest BCUT2D eigenvalue weighted by Crippen LogP contribution is 2.34. The Morgan fingerprint density at radius 3 is 2.94 bits per heavy atom. The number of likely N-dealkylation sites (tertiary alicyclic amines) is 1. The Morgan fingerprint density at radius 2 is 2.13 bits per heavy atom. The van der Waals surface area contributed by atoms with Crippen LogP contribution in [-0.2, 0) is 13.5 Å². The van der Waals surface area contributed by atoms with Gasteiger partial charge in [-0.25, -0.2) is 4.98 Å². The summed E-state index contributed by atoms with van der Waals surface area (Å²) in [6, 6.07) is 10.1. The summed E-state index contributed by atoms with van der Waals surface area (Å²) in [7, 11) is 1.83. The quantitative estimate of drug-likeness (QED) is 0.504. The van der Waals surface area contributed by atoms with Gasteiger partial charge in [-0.05, 0) is 37.0 Å². The van der Waals surface area contributed by atoms with Gasteiger partial charge in [-0.15, -0.1) is 11.3 Å². The number of anilines is 2. The molecule has 1 N–H and O–H groups in total. The van der Waals surface area contributed by atoms with Gasteiger partial charge in [-0.1, -0.05) is 25.1 Å². The van der Waals surface area contributed by atoms with Crippen LogP contribution in [-0.4, -0.2) is 43.1 Å². The van der Waals surface area contributed by atoms with Crippen molar-refractivity contribution in [3.05, 3.63) is 65.1 Å². The number of nitrogens with one attached hydrogen (secondary N) is 1. The molecule has 160 valence electrons. The molecule has 1 saturated heterocycles. The number of hydrogen-bond acceptors (Lipinski definition) is 5. The van der Waals surface area contributed by atoms with Gasteiger partial charge >= 0.3 is 0 Å². The number of thiazole rings is 1. The van der Waals surface area contributed by atoms with Crippen LogP contribution in [0.25, 0.3) is 4.83 Å². The lowest BCUT2D eigenvalue weighted by Crippen LogP contribution is -2.39. The molecule has 1 amide bonds. The van der Waals surface area contributed by atoms with E-state index in [1.807, 2.05) is 24.2 Å². The Balaban J connectivity index is 1.42. The number of aromatic nitrogens is 4. The number of carbonyl (C=O) groups is 1. The van der Waals surface area contributed by atoms with Crippen molar-refractivity contribution < 1.29 is 4.79 Å². The molecule has 4 aromatic rings. The van der Waals surface area contributed by atoms with E-state index in [-0.39, 0.29) is 11.8 Å². The third-order valence-corrected chi connectivity index (χ3v) is 6.84. The van der Waals surface area contributed by atoms with Crippen molar-refractivity contribution in [2.24, 2.45) is 7.05 Å². The maximum absolute atomic E-state index is 12.9. The summed E-state index contributed by atoms with van der Waals surface area (Å²) in [5, 5.41) is 9.92. The first-order chi connectivity index (χ1) is 15.1. The zero-order chi connectivity index (χ0) is 21.4. The van der Waals surface area contributed by atoms with Crippen LogP contribution < -0.4 is 5.32 Å². The van der Waals surface area contributed by atoms with E-state index in [2.05, 4.69) is 51.5 Å². The molecule has 3 aromatic heterocycles. The number of aryl methyl sites for hydroxylation is 2. The Bertz CT molecular complexity index is 1220. The molecular formula is C23H26N6OS. The fourth-order valence-electron chi connectivity index (χ4n) is 4.35. The molecule has 0 unspecified atom stereocenters. The smallest absolute Gasteiger partial charge is 0.274 e. The summed E-state index contributed by atoms with van der Waals surface area (Å²) in [6.07, 6.45) is 6.83. The average molecular weight is 435 g/mol. The van der Waals surface area contributed by atoms with Crippen LogP contribution in [0.1, 0.15) is 47.4 Å². The maximum atomic E-state index is 12.9. The predicted octanol–water partition coefficient (Wildman–Crippen LogP) is 4.46. The molecule has 0 bridgehead atoms. The molecular weight excluding hydrogens is 408 g/mol. The van der Waals surface area contributed by atoms with Gasteiger partial charge in [0.2, 0.25) is 5.95 Å². The van der Waals surface area contributed by atoms with Crippen LogP contribution in [0.15, 0.2) is 48.1 Å². The van der Waals surface area contributed by atoms with Gasteiger partial charge in [-0.2, -0.15) is 5.10 Å². The highest BCUT2D eigenvalue weighted by Gasteiger charge is 2.30. The summed E-state index contributed by atoms with van der Waals surface area (Å²) in [5.74, 6) is 1.05. The number of nitrogens with zero attached hydrogens (tertiary/aromatic N) is 5. The van der Waals surface area contributed by atoms with E-state index >= 15 is 0 Å². The topological polar surface area (TPSA) is 67.5 Å². The molecule has 0 saturated carbocycles. The van der Waals surface area contributed by atoms with E-state index in [9.17, 15) is 4.79 Å². The number of hydrogen-bond donors (Lipinski definition) is 1. The fraction of sp³-hybridized carbons (Fsp3) is 0.348. The average Bonchev–Trinajstić information content (AvgIpc) is 3.52. The molecule has 1 fully saturated rings. The van der Waals surface area contributed by atoms with Crippen LogP contribution >= 0.6 is 11.3 Å². The third-order valence-electron chi connectivity index (χ3n) is 5.95. The first kappa shape index (κ1) is 19.8. The molecule has 7 nitrogen and oxygen atoms in total. The molecule has 1 aromatic carbocycles. The third kappa shape index (κ3) is 3.72. The number of benzene rings is 1. The number of para-hydroxylation sites is 1. The number of fused-ring (bicyclic) bond motifs is 1. The van der Waals surface area contributed by atoms with Crippen molar-refractivity contribution in [2.75, 3.05) is 18.4 Å². The van der Waals surface area contributed by atoms with Gasteiger partial charge in [0, 0.05) is 49.5 Å². The molecule has 4 heterocycles. The first-order valence-electron chi connectivity index (χ1n) is 10.7. The lowest BCUT2D eigenvalue weighted by atomic mass is 9.95. The van der Waals surface area contributed by atoms with Crippen molar-refractivity contribution in [3.8, 4) is 0 Å². The minimum Gasteiger partial charge on any atom is -0.337 e. The number of piperidine rings is 1. The number of carbonyl (C=O) groups excluding carboxylic acids is 1. The molecule has 0 aliphatic carbocycles. The largest absolute Gasteiger partial charge is 0.337 e.